The number of piperidine rings is 1. The van der Waals surface area contributed by atoms with Gasteiger partial charge in [0.25, 0.3) is 0 Å². The van der Waals surface area contributed by atoms with E-state index >= 15 is 0 Å². The van der Waals surface area contributed by atoms with Crippen LogP contribution in [0, 0.1) is 5.41 Å². The Bertz CT molecular complexity index is 1070. The minimum Gasteiger partial charge on any atom is -0.436 e. The monoisotopic (exact) mass is 441 g/mol. The second kappa shape index (κ2) is 7.78. The van der Waals surface area contributed by atoms with Gasteiger partial charge in [-0.05, 0) is 37.1 Å². The summed E-state index contributed by atoms with van der Waals surface area (Å²) in [6.07, 6.45) is 6.94. The topological polar surface area (TPSA) is 86.0 Å². The van der Waals surface area contributed by atoms with Crippen LogP contribution in [0.1, 0.15) is 41.6 Å². The Morgan fingerprint density at radius 2 is 1.77 bits per heavy atom. The number of fused-ring (bicyclic) bond motifs is 1. The summed E-state index contributed by atoms with van der Waals surface area (Å²) in [5.74, 6) is 0.839. The number of aromatic nitrogens is 3. The van der Waals surface area contributed by atoms with Crippen molar-refractivity contribution in [2.24, 2.45) is 11.1 Å². The van der Waals surface area contributed by atoms with Gasteiger partial charge >= 0.3 is 0 Å². The highest BCUT2D eigenvalue weighted by Gasteiger charge is 2.53. The van der Waals surface area contributed by atoms with Crippen molar-refractivity contribution in [1.29, 1.82) is 0 Å². The molecule has 1 saturated heterocycles. The van der Waals surface area contributed by atoms with E-state index < -0.39 is 0 Å². The van der Waals surface area contributed by atoms with Gasteiger partial charge in [-0.25, -0.2) is 9.97 Å². The van der Waals surface area contributed by atoms with Crippen molar-refractivity contribution in [3.63, 3.8) is 0 Å². The van der Waals surface area contributed by atoms with E-state index in [4.69, 9.17) is 38.7 Å². The molecule has 1 fully saturated rings. The third-order valence-corrected chi connectivity index (χ3v) is 7.09. The summed E-state index contributed by atoms with van der Waals surface area (Å²) in [5.41, 5.74) is 10.1. The van der Waals surface area contributed by atoms with E-state index in [2.05, 4.69) is 39.6 Å². The summed E-state index contributed by atoms with van der Waals surface area (Å²) < 4.78 is 5.77. The molecule has 0 saturated carbocycles. The third kappa shape index (κ3) is 3.15. The molecule has 0 amide bonds. The van der Waals surface area contributed by atoms with Crippen LogP contribution in [0.2, 0.25) is 10.2 Å². The first-order valence-corrected chi connectivity index (χ1v) is 10.7. The molecule has 1 spiro atoms. The molecule has 1 aliphatic carbocycles. The van der Waals surface area contributed by atoms with Gasteiger partial charge < -0.3 is 15.8 Å². The first-order valence-electron chi connectivity index (χ1n) is 9.95. The number of halogens is 2. The summed E-state index contributed by atoms with van der Waals surface area (Å²) >= 11 is 12.1. The molecule has 2 aromatic heterocycles. The van der Waals surface area contributed by atoms with Gasteiger partial charge in [-0.2, -0.15) is 0 Å². The molecule has 3 heterocycles. The van der Waals surface area contributed by atoms with Crippen LogP contribution in [0.15, 0.2) is 48.9 Å². The molecule has 2 unspecified atom stereocenters. The molecule has 5 rings (SSSR count). The maximum absolute atomic E-state index is 6.81. The summed E-state index contributed by atoms with van der Waals surface area (Å²) in [6, 6.07) is 10.1. The first-order chi connectivity index (χ1) is 14.6. The van der Waals surface area contributed by atoms with Crippen LogP contribution in [0.5, 0.6) is 11.6 Å². The molecule has 154 valence electrons. The van der Waals surface area contributed by atoms with Crippen molar-refractivity contribution in [3.8, 4) is 11.6 Å². The average molecular weight is 442 g/mol. The van der Waals surface area contributed by atoms with Gasteiger partial charge in [0.1, 0.15) is 5.02 Å². The Labute approximate surface area is 184 Å². The lowest BCUT2D eigenvalue weighted by molar-refractivity contribution is 0.149. The molecule has 2 atom stereocenters. The molecule has 3 N–H and O–H groups in total. The number of hydrogen-bond donors (Lipinski definition) is 2. The lowest BCUT2D eigenvalue weighted by Crippen LogP contribution is -2.44. The van der Waals surface area contributed by atoms with Crippen LogP contribution < -0.4 is 15.8 Å². The average Bonchev–Trinajstić information content (AvgIpc) is 3.01. The Balaban J connectivity index is 1.50. The number of rotatable bonds is 3. The summed E-state index contributed by atoms with van der Waals surface area (Å²) in [5, 5.41) is 3.89. The summed E-state index contributed by atoms with van der Waals surface area (Å²) in [6.45, 7) is 1.90. The zero-order chi connectivity index (χ0) is 20.7. The Kier molecular flexibility index (Phi) is 5.11. The minimum atomic E-state index is -0.0616. The zero-order valence-electron chi connectivity index (χ0n) is 16.2. The number of hydrogen-bond acceptors (Lipinski definition) is 6. The molecule has 0 bridgehead atoms. The predicted molar refractivity (Wildman–Crippen MR) is 116 cm³/mol. The lowest BCUT2D eigenvalue weighted by atomic mass is 9.66. The fourth-order valence-electron chi connectivity index (χ4n) is 4.92. The summed E-state index contributed by atoms with van der Waals surface area (Å²) in [7, 11) is 0. The third-order valence-electron chi connectivity index (χ3n) is 6.34. The van der Waals surface area contributed by atoms with Crippen molar-refractivity contribution < 1.29 is 4.74 Å². The van der Waals surface area contributed by atoms with Gasteiger partial charge in [-0.3, -0.25) is 4.98 Å². The quantitative estimate of drug-likeness (QED) is 0.582. The van der Waals surface area contributed by atoms with Crippen LogP contribution in [0.3, 0.4) is 0 Å². The van der Waals surface area contributed by atoms with Crippen molar-refractivity contribution in [1.82, 2.24) is 20.3 Å². The van der Waals surface area contributed by atoms with E-state index in [-0.39, 0.29) is 27.6 Å². The van der Waals surface area contributed by atoms with Crippen molar-refractivity contribution in [2.45, 2.75) is 24.8 Å². The molecule has 1 aliphatic heterocycles. The largest absolute Gasteiger partial charge is 0.436 e. The number of pyridine rings is 1. The number of nitrogens with zero attached hydrogens (tertiary/aromatic N) is 3. The van der Waals surface area contributed by atoms with E-state index in [9.17, 15) is 0 Å². The Hall–Kier alpha value is -2.25. The molecule has 3 aromatic rings. The van der Waals surface area contributed by atoms with Gasteiger partial charge in [0, 0.05) is 29.6 Å². The first kappa shape index (κ1) is 19.7. The Morgan fingerprint density at radius 3 is 2.50 bits per heavy atom. The van der Waals surface area contributed by atoms with Crippen LogP contribution in [-0.4, -0.2) is 28.0 Å². The van der Waals surface area contributed by atoms with Gasteiger partial charge in [0.2, 0.25) is 5.88 Å². The van der Waals surface area contributed by atoms with Crippen molar-refractivity contribution >= 4 is 23.2 Å². The normalized spacial score (nSPS) is 22.1. The SMILES string of the molecule is NC1c2ccccc2C(c2cnc(Oc3ccnc(Cl)c3Cl)cn2)C12CCNCC2. The fourth-order valence-corrected chi connectivity index (χ4v) is 5.22. The number of nitrogens with two attached hydrogens (primary N) is 1. The van der Waals surface area contributed by atoms with E-state index in [1.807, 2.05) is 0 Å². The van der Waals surface area contributed by atoms with Gasteiger partial charge in [0.05, 0.1) is 18.1 Å². The fraction of sp³-hybridized carbons (Fsp3) is 0.318. The van der Waals surface area contributed by atoms with Crippen molar-refractivity contribution in [3.05, 3.63) is 75.9 Å². The van der Waals surface area contributed by atoms with E-state index in [0.29, 0.717) is 11.6 Å². The second-order valence-corrected chi connectivity index (χ2v) is 8.55. The molecule has 8 heteroatoms. The number of nitrogens with one attached hydrogen (secondary N) is 1. The highest BCUT2D eigenvalue weighted by Crippen LogP contribution is 2.59. The van der Waals surface area contributed by atoms with Gasteiger partial charge in [0.15, 0.2) is 10.9 Å². The molecular weight excluding hydrogens is 421 g/mol. The minimum absolute atomic E-state index is 0.0173. The van der Waals surface area contributed by atoms with Crippen molar-refractivity contribution in [2.75, 3.05) is 13.1 Å². The molecule has 1 aromatic carbocycles. The van der Waals surface area contributed by atoms with E-state index in [0.717, 1.165) is 31.6 Å². The highest BCUT2D eigenvalue weighted by molar-refractivity contribution is 6.42. The van der Waals surface area contributed by atoms with E-state index in [1.54, 1.807) is 18.5 Å². The highest BCUT2D eigenvalue weighted by atomic mass is 35.5. The maximum atomic E-state index is 6.81. The summed E-state index contributed by atoms with van der Waals surface area (Å²) in [4.78, 5) is 13.2. The van der Waals surface area contributed by atoms with Gasteiger partial charge in [-0.1, -0.05) is 47.5 Å². The molecular formula is C22H21Cl2N5O. The molecule has 2 aliphatic rings. The zero-order valence-corrected chi connectivity index (χ0v) is 17.7. The number of ether oxygens (including phenoxy) is 1. The maximum Gasteiger partial charge on any atom is 0.237 e. The van der Waals surface area contributed by atoms with E-state index in [1.165, 1.54) is 17.3 Å². The van der Waals surface area contributed by atoms with Crippen LogP contribution in [0.4, 0.5) is 0 Å². The predicted octanol–water partition coefficient (Wildman–Crippen LogP) is 4.49. The Morgan fingerprint density at radius 1 is 1.00 bits per heavy atom. The number of benzene rings is 1. The van der Waals surface area contributed by atoms with Crippen LogP contribution in [-0.2, 0) is 0 Å². The van der Waals surface area contributed by atoms with Crippen LogP contribution in [0.25, 0.3) is 0 Å². The standard InChI is InChI=1S/C22H21Cl2N5O/c23-19-16(5-8-27-21(19)24)30-17-12-28-15(11-29-17)18-13-3-1-2-4-14(13)20(25)22(18)6-9-26-10-7-22/h1-5,8,11-12,18,20,26H,6-7,9-10,25H2. The molecule has 6 nitrogen and oxygen atoms in total. The molecule has 30 heavy (non-hydrogen) atoms. The smallest absolute Gasteiger partial charge is 0.237 e. The lowest BCUT2D eigenvalue weighted by Gasteiger charge is -2.42. The van der Waals surface area contributed by atoms with Crippen LogP contribution >= 0.6 is 23.2 Å². The molecule has 0 radical (unpaired) electrons. The second-order valence-electron chi connectivity index (χ2n) is 7.82. The van der Waals surface area contributed by atoms with Gasteiger partial charge in [-0.15, -0.1) is 0 Å².